The molecule has 2 N–H and O–H groups in total. The van der Waals surface area contributed by atoms with Crippen LogP contribution in [0.5, 0.6) is 0 Å². The van der Waals surface area contributed by atoms with Gasteiger partial charge < -0.3 is 4.42 Å². The molecule has 0 aliphatic rings. The Morgan fingerprint density at radius 2 is 0.788 bits per heavy atom. The number of nitrogens with two attached hydrogens (primary N) is 1. The van der Waals surface area contributed by atoms with E-state index in [1.54, 1.807) is 26.7 Å². The lowest BCUT2D eigenvalue weighted by Crippen LogP contribution is -1.85. The summed E-state index contributed by atoms with van der Waals surface area (Å²) < 4.78 is 4.71. The maximum atomic E-state index is 5.05. The minimum Gasteiger partial charge on any atom is -0.439 e. The van der Waals surface area contributed by atoms with Crippen molar-refractivity contribution in [3.8, 4) is 0 Å². The summed E-state index contributed by atoms with van der Waals surface area (Å²) in [4.78, 5) is 7.04. The third kappa shape index (κ3) is 24.9. The van der Waals surface area contributed by atoms with Gasteiger partial charge >= 0.3 is 0 Å². The van der Waals surface area contributed by atoms with Crippen molar-refractivity contribution in [3.05, 3.63) is 46.5 Å². The first-order valence-electron chi connectivity index (χ1n) is 22.6. The number of oxazole rings is 1. The summed E-state index contributed by atoms with van der Waals surface area (Å²) in [5.41, 5.74) is 0. The van der Waals surface area contributed by atoms with Gasteiger partial charge in [0.15, 0.2) is 0 Å². The van der Waals surface area contributed by atoms with Crippen LogP contribution in [-0.2, 0) is 12.8 Å². The summed E-state index contributed by atoms with van der Waals surface area (Å²) in [6, 6.07) is 9.30. The van der Waals surface area contributed by atoms with Crippen molar-refractivity contribution in [2.45, 2.75) is 237 Å². The van der Waals surface area contributed by atoms with Gasteiger partial charge in [-0.05, 0) is 36.5 Å². The van der Waals surface area contributed by atoms with Crippen molar-refractivity contribution in [2.24, 2.45) is 5.14 Å². The molecule has 0 bridgehead atoms. The average Bonchev–Trinajstić information content (AvgIpc) is 3.83. The van der Waals surface area contributed by atoms with Crippen molar-refractivity contribution in [2.75, 3.05) is 0 Å². The molecule has 0 atom stereocenters. The normalized spacial score (nSPS) is 11.4. The van der Waals surface area contributed by atoms with Crippen LogP contribution in [0.4, 0.5) is 0 Å². The number of thiophene rings is 1. The van der Waals surface area contributed by atoms with Gasteiger partial charge in [-0.25, -0.2) is 4.98 Å². The molecule has 3 rings (SSSR count). The van der Waals surface area contributed by atoms with Crippen LogP contribution in [0.2, 0.25) is 0 Å². The summed E-state index contributed by atoms with van der Waals surface area (Å²) in [6.07, 6.45) is 52.0. The van der Waals surface area contributed by atoms with Crippen LogP contribution < -0.4 is 5.14 Å². The number of aryl methyl sites for hydroxylation is 2. The van der Waals surface area contributed by atoms with E-state index in [1.807, 2.05) is 0 Å². The minimum atomic E-state index is 0.500. The molecule has 5 heteroatoms. The predicted octanol–water partition coefficient (Wildman–Crippen LogP) is 17.1. The molecule has 0 saturated heterocycles. The van der Waals surface area contributed by atoms with Crippen LogP contribution in [-0.4, -0.2) is 4.98 Å². The first-order valence-corrected chi connectivity index (χ1v) is 24.2. The summed E-state index contributed by atoms with van der Waals surface area (Å²) in [6.45, 7) is 4.62. The van der Waals surface area contributed by atoms with Gasteiger partial charge in [0.05, 0.1) is 6.20 Å². The topological polar surface area (TPSA) is 52.0 Å². The van der Waals surface area contributed by atoms with Crippen LogP contribution in [0.15, 0.2) is 46.4 Å². The quantitative estimate of drug-likeness (QED) is 0.0480. The first kappa shape index (κ1) is 46.9. The molecule has 298 valence electrons. The molecule has 0 spiro atoms. The minimum absolute atomic E-state index is 0.500. The molecule has 52 heavy (non-hydrogen) atoms. The van der Waals surface area contributed by atoms with Crippen molar-refractivity contribution in [1.29, 1.82) is 0 Å². The molecule has 0 unspecified atom stereocenters. The number of nitrogens with zero attached hydrogens (tertiary/aromatic N) is 1. The van der Waals surface area contributed by atoms with Gasteiger partial charge in [0.1, 0.15) is 6.26 Å². The van der Waals surface area contributed by atoms with Crippen LogP contribution >= 0.6 is 23.3 Å². The summed E-state index contributed by atoms with van der Waals surface area (Å²) in [5, 5.41) is 8.68. The van der Waals surface area contributed by atoms with E-state index in [0.29, 0.717) is 5.22 Å². The Labute approximate surface area is 331 Å². The SMILES string of the molecule is CCCCCCCCCCCCCCCCCCc1sc(CCCCCCCCCCCCCCCCCC)c2ccccc12.NSc1ncco1. The fourth-order valence-electron chi connectivity index (χ4n) is 7.54. The largest absolute Gasteiger partial charge is 0.439 e. The second-order valence-electron chi connectivity index (χ2n) is 15.5. The van der Waals surface area contributed by atoms with E-state index in [-0.39, 0.29) is 0 Å². The molecule has 2 heterocycles. The first-order chi connectivity index (χ1) is 25.8. The monoisotopic (exact) mass is 755 g/mol. The van der Waals surface area contributed by atoms with E-state index in [0.717, 1.165) is 11.9 Å². The maximum Gasteiger partial charge on any atom is 0.270 e. The fraction of sp³-hybridized carbons (Fsp3) is 0.766. The zero-order valence-corrected chi connectivity index (χ0v) is 35.9. The Morgan fingerprint density at radius 3 is 1.04 bits per heavy atom. The summed E-state index contributed by atoms with van der Waals surface area (Å²) in [7, 11) is 0. The number of hydrogen-bond acceptors (Lipinski definition) is 5. The van der Waals surface area contributed by atoms with E-state index in [2.05, 4.69) is 54.4 Å². The third-order valence-corrected chi connectivity index (χ3v) is 12.5. The van der Waals surface area contributed by atoms with Gasteiger partial charge in [-0.2, -0.15) is 0 Å². The average molecular weight is 755 g/mol. The van der Waals surface area contributed by atoms with E-state index in [1.165, 1.54) is 225 Å². The van der Waals surface area contributed by atoms with E-state index >= 15 is 0 Å². The molecule has 0 aliphatic carbocycles. The smallest absolute Gasteiger partial charge is 0.270 e. The van der Waals surface area contributed by atoms with Crippen LogP contribution in [0.3, 0.4) is 0 Å². The Morgan fingerprint density at radius 1 is 0.481 bits per heavy atom. The molecule has 3 aromatic rings. The molecule has 2 aromatic heterocycles. The second-order valence-corrected chi connectivity index (χ2v) is 17.3. The summed E-state index contributed by atoms with van der Waals surface area (Å²) >= 11 is 3.15. The van der Waals surface area contributed by atoms with Gasteiger partial charge in [-0.15, -0.1) is 11.3 Å². The Hall–Kier alpha value is -1.30. The third-order valence-electron chi connectivity index (χ3n) is 10.8. The molecule has 0 amide bonds. The van der Waals surface area contributed by atoms with Gasteiger partial charge in [-0.1, -0.05) is 231 Å². The van der Waals surface area contributed by atoms with Crippen molar-refractivity contribution >= 4 is 34.1 Å². The molecular formula is C47H82N2OS2. The van der Waals surface area contributed by atoms with Crippen molar-refractivity contribution < 1.29 is 4.42 Å². The highest BCUT2D eigenvalue weighted by atomic mass is 32.2. The maximum absolute atomic E-state index is 5.05. The number of unbranched alkanes of at least 4 members (excludes halogenated alkanes) is 30. The lowest BCUT2D eigenvalue weighted by molar-refractivity contribution is 0.454. The highest BCUT2D eigenvalue weighted by molar-refractivity contribution is 7.96. The molecule has 0 radical (unpaired) electrons. The standard InChI is InChI=1S/C44H78S.C3H4N2OS/c1-3-5-7-9-11-13-15-17-19-21-23-25-27-29-31-33-39-43-41-37-35-36-38-42(41)44(45-43)40-34-32-30-28-26-24-22-20-18-16-14-12-10-8-6-4-2;4-7-3-5-1-2-6-3/h35-38H,3-34,39-40H2,1-2H3;1-2H,4H2. The van der Waals surface area contributed by atoms with Crippen molar-refractivity contribution in [3.63, 3.8) is 0 Å². The molecule has 0 saturated carbocycles. The van der Waals surface area contributed by atoms with Gasteiger partial charge in [-0.3, -0.25) is 5.14 Å². The van der Waals surface area contributed by atoms with E-state index in [9.17, 15) is 0 Å². The number of fused-ring (bicyclic) bond motifs is 1. The zero-order chi connectivity index (χ0) is 37.0. The Balaban J connectivity index is 0.00000119. The Bertz CT molecular complexity index is 1070. The zero-order valence-electron chi connectivity index (χ0n) is 34.3. The molecule has 0 aliphatic heterocycles. The van der Waals surface area contributed by atoms with Gasteiger partial charge in [0, 0.05) is 21.7 Å². The molecule has 1 aromatic carbocycles. The Kier molecular flexibility index (Phi) is 31.9. The van der Waals surface area contributed by atoms with Crippen molar-refractivity contribution in [1.82, 2.24) is 4.98 Å². The van der Waals surface area contributed by atoms with Crippen LogP contribution in [0.1, 0.15) is 229 Å². The number of aromatic nitrogens is 1. The van der Waals surface area contributed by atoms with Gasteiger partial charge in [0.2, 0.25) is 0 Å². The molecule has 3 nitrogen and oxygen atoms in total. The van der Waals surface area contributed by atoms with Gasteiger partial charge in [0.25, 0.3) is 5.22 Å². The predicted molar refractivity (Wildman–Crippen MR) is 235 cm³/mol. The highest BCUT2D eigenvalue weighted by Crippen LogP contribution is 2.34. The molecule has 0 fully saturated rings. The lowest BCUT2D eigenvalue weighted by atomic mass is 10.0. The van der Waals surface area contributed by atoms with E-state index in [4.69, 9.17) is 9.56 Å². The highest BCUT2D eigenvalue weighted by Gasteiger charge is 2.10. The van der Waals surface area contributed by atoms with Crippen LogP contribution in [0.25, 0.3) is 10.8 Å². The van der Waals surface area contributed by atoms with E-state index < -0.39 is 0 Å². The molecular weight excluding hydrogens is 673 g/mol. The lowest BCUT2D eigenvalue weighted by Gasteiger charge is -2.04. The van der Waals surface area contributed by atoms with Crippen LogP contribution in [0, 0.1) is 0 Å². The second kappa shape index (κ2) is 35.4. The number of rotatable bonds is 35. The summed E-state index contributed by atoms with van der Waals surface area (Å²) in [5.74, 6) is 0. The number of hydrogen-bond donors (Lipinski definition) is 1. The fourth-order valence-corrected chi connectivity index (χ4v) is 9.13. The number of benzene rings is 1.